The van der Waals surface area contributed by atoms with Crippen molar-refractivity contribution in [1.82, 2.24) is 14.9 Å². The van der Waals surface area contributed by atoms with Crippen LogP contribution in [0.5, 0.6) is 0 Å². The second-order valence-corrected chi connectivity index (χ2v) is 7.44. The van der Waals surface area contributed by atoms with Gasteiger partial charge < -0.3 is 19.5 Å². The van der Waals surface area contributed by atoms with E-state index in [4.69, 9.17) is 9.72 Å². The summed E-state index contributed by atoms with van der Waals surface area (Å²) >= 11 is 3.41. The van der Waals surface area contributed by atoms with Gasteiger partial charge in [0.25, 0.3) is 0 Å². The number of ether oxygens (including phenoxy) is 1. The van der Waals surface area contributed by atoms with Gasteiger partial charge in [-0.05, 0) is 35.9 Å². The lowest BCUT2D eigenvalue weighted by atomic mass is 10.2. The fraction of sp³-hybridized carbons (Fsp3) is 0.300. The molecule has 4 rings (SSSR count). The Bertz CT molecular complexity index is 933. The molecule has 27 heavy (non-hydrogen) atoms. The standard InChI is InChI=1S/C20H21BrN4O2/c21-17-4-1-15(2-5-17)13-22-19(26)14-25-8-7-16-3-6-18(23-20(16)25)24-9-11-27-12-10-24/h1-8H,9-14H2,(H,22,26). The van der Waals surface area contributed by atoms with Crippen molar-refractivity contribution in [2.75, 3.05) is 31.2 Å². The Morgan fingerprint density at radius 3 is 2.67 bits per heavy atom. The lowest BCUT2D eigenvalue weighted by molar-refractivity contribution is -0.121. The highest BCUT2D eigenvalue weighted by Gasteiger charge is 2.14. The highest BCUT2D eigenvalue weighted by molar-refractivity contribution is 9.10. The van der Waals surface area contributed by atoms with Crippen LogP contribution in [0.15, 0.2) is 53.1 Å². The zero-order chi connectivity index (χ0) is 18.6. The zero-order valence-corrected chi connectivity index (χ0v) is 16.5. The van der Waals surface area contributed by atoms with Crippen LogP contribution in [0, 0.1) is 0 Å². The van der Waals surface area contributed by atoms with Gasteiger partial charge in [0.2, 0.25) is 5.91 Å². The predicted octanol–water partition coefficient (Wildman–Crippen LogP) is 2.95. The fourth-order valence-electron chi connectivity index (χ4n) is 3.16. The molecule has 0 radical (unpaired) electrons. The van der Waals surface area contributed by atoms with Crippen molar-refractivity contribution in [2.24, 2.45) is 0 Å². The van der Waals surface area contributed by atoms with Gasteiger partial charge in [0.1, 0.15) is 18.0 Å². The Morgan fingerprint density at radius 1 is 1.11 bits per heavy atom. The van der Waals surface area contributed by atoms with Crippen LogP contribution >= 0.6 is 15.9 Å². The quantitative estimate of drug-likeness (QED) is 0.678. The summed E-state index contributed by atoms with van der Waals surface area (Å²) in [5.74, 6) is 0.898. The molecule has 1 saturated heterocycles. The molecule has 1 aromatic carbocycles. The molecule has 1 N–H and O–H groups in total. The first-order valence-electron chi connectivity index (χ1n) is 8.99. The first-order chi connectivity index (χ1) is 13.2. The van der Waals surface area contributed by atoms with E-state index in [9.17, 15) is 4.79 Å². The maximum absolute atomic E-state index is 12.4. The highest BCUT2D eigenvalue weighted by Crippen LogP contribution is 2.20. The molecule has 0 unspecified atom stereocenters. The third kappa shape index (κ3) is 4.31. The summed E-state index contributed by atoms with van der Waals surface area (Å²) in [6.07, 6.45) is 1.92. The lowest BCUT2D eigenvalue weighted by Crippen LogP contribution is -2.36. The van der Waals surface area contributed by atoms with Crippen molar-refractivity contribution in [1.29, 1.82) is 0 Å². The Kier molecular flexibility index (Phi) is 5.40. The van der Waals surface area contributed by atoms with Crippen molar-refractivity contribution in [3.8, 4) is 0 Å². The number of halogens is 1. The predicted molar refractivity (Wildman–Crippen MR) is 109 cm³/mol. The maximum atomic E-state index is 12.4. The first-order valence-corrected chi connectivity index (χ1v) is 9.78. The van der Waals surface area contributed by atoms with Crippen LogP contribution in [-0.4, -0.2) is 41.8 Å². The highest BCUT2D eigenvalue weighted by atomic mass is 79.9. The van der Waals surface area contributed by atoms with E-state index in [2.05, 4.69) is 32.2 Å². The normalized spacial score (nSPS) is 14.5. The van der Waals surface area contributed by atoms with Crippen LogP contribution in [0.1, 0.15) is 5.56 Å². The first kappa shape index (κ1) is 18.0. The number of fused-ring (bicyclic) bond motifs is 1. The number of hydrogen-bond acceptors (Lipinski definition) is 4. The van der Waals surface area contributed by atoms with Crippen molar-refractivity contribution < 1.29 is 9.53 Å². The van der Waals surface area contributed by atoms with E-state index >= 15 is 0 Å². The Hall–Kier alpha value is -2.38. The molecule has 0 spiro atoms. The minimum atomic E-state index is -0.0333. The molecule has 3 aromatic rings. The molecule has 6 nitrogen and oxygen atoms in total. The number of benzene rings is 1. The molecule has 0 saturated carbocycles. The van der Waals surface area contributed by atoms with E-state index in [1.165, 1.54) is 0 Å². The smallest absolute Gasteiger partial charge is 0.240 e. The van der Waals surface area contributed by atoms with E-state index in [-0.39, 0.29) is 12.5 Å². The second kappa shape index (κ2) is 8.10. The third-order valence-electron chi connectivity index (χ3n) is 4.65. The molecular weight excluding hydrogens is 408 g/mol. The molecule has 3 heterocycles. The monoisotopic (exact) mass is 428 g/mol. The summed E-state index contributed by atoms with van der Waals surface area (Å²) < 4.78 is 8.34. The van der Waals surface area contributed by atoms with Crippen LogP contribution in [0.3, 0.4) is 0 Å². The molecule has 1 fully saturated rings. The van der Waals surface area contributed by atoms with Crippen molar-refractivity contribution >= 4 is 38.7 Å². The van der Waals surface area contributed by atoms with Crippen LogP contribution in [0.2, 0.25) is 0 Å². The summed E-state index contributed by atoms with van der Waals surface area (Å²) in [7, 11) is 0. The number of nitrogens with one attached hydrogen (secondary N) is 1. The van der Waals surface area contributed by atoms with E-state index in [1.54, 1.807) is 0 Å². The van der Waals surface area contributed by atoms with Crippen LogP contribution < -0.4 is 10.2 Å². The van der Waals surface area contributed by atoms with E-state index in [1.807, 2.05) is 47.2 Å². The molecule has 0 atom stereocenters. The lowest BCUT2D eigenvalue weighted by Gasteiger charge is -2.27. The van der Waals surface area contributed by atoms with Crippen molar-refractivity contribution in [2.45, 2.75) is 13.1 Å². The van der Waals surface area contributed by atoms with Crippen LogP contribution in [0.4, 0.5) is 5.82 Å². The molecule has 0 aliphatic carbocycles. The Balaban J connectivity index is 1.44. The number of amides is 1. The number of morpholine rings is 1. The molecule has 1 amide bonds. The summed E-state index contributed by atoms with van der Waals surface area (Å²) in [5.41, 5.74) is 1.90. The van der Waals surface area contributed by atoms with Crippen molar-refractivity contribution in [3.05, 3.63) is 58.7 Å². The SMILES string of the molecule is O=C(Cn1ccc2ccc(N3CCOCC3)nc21)NCc1ccc(Br)cc1. The topological polar surface area (TPSA) is 59.4 Å². The van der Waals surface area contributed by atoms with Crippen molar-refractivity contribution in [3.63, 3.8) is 0 Å². The van der Waals surface area contributed by atoms with Crippen LogP contribution in [0.25, 0.3) is 11.0 Å². The molecule has 1 aliphatic rings. The van der Waals surface area contributed by atoms with Gasteiger partial charge in [-0.2, -0.15) is 0 Å². The van der Waals surface area contributed by atoms with Gasteiger partial charge in [0, 0.05) is 35.7 Å². The van der Waals surface area contributed by atoms with E-state index in [0.29, 0.717) is 6.54 Å². The minimum Gasteiger partial charge on any atom is -0.378 e. The number of rotatable bonds is 5. The Morgan fingerprint density at radius 2 is 1.89 bits per heavy atom. The number of carbonyl (C=O) groups is 1. The van der Waals surface area contributed by atoms with Gasteiger partial charge >= 0.3 is 0 Å². The molecule has 2 aromatic heterocycles. The molecule has 140 valence electrons. The zero-order valence-electron chi connectivity index (χ0n) is 14.9. The summed E-state index contributed by atoms with van der Waals surface area (Å²) in [5, 5.41) is 4.00. The van der Waals surface area contributed by atoms with Gasteiger partial charge in [-0.1, -0.05) is 28.1 Å². The van der Waals surface area contributed by atoms with Crippen LogP contribution in [-0.2, 0) is 22.6 Å². The molecular formula is C20H21BrN4O2. The largest absolute Gasteiger partial charge is 0.378 e. The number of anilines is 1. The Labute approximate surface area is 166 Å². The minimum absolute atomic E-state index is 0.0333. The molecule has 1 aliphatic heterocycles. The molecule has 7 heteroatoms. The molecule has 0 bridgehead atoms. The summed E-state index contributed by atoms with van der Waals surface area (Å²) in [4.78, 5) is 19.4. The van der Waals surface area contributed by atoms with Gasteiger partial charge in [0.05, 0.1) is 13.2 Å². The summed E-state index contributed by atoms with van der Waals surface area (Å²) in [6, 6.07) is 14.0. The number of nitrogens with zero attached hydrogens (tertiary/aromatic N) is 3. The van der Waals surface area contributed by atoms with E-state index < -0.39 is 0 Å². The summed E-state index contributed by atoms with van der Waals surface area (Å²) in [6.45, 7) is 3.88. The maximum Gasteiger partial charge on any atom is 0.240 e. The third-order valence-corrected chi connectivity index (χ3v) is 5.18. The van der Waals surface area contributed by atoms with Gasteiger partial charge in [-0.3, -0.25) is 4.79 Å². The van der Waals surface area contributed by atoms with Gasteiger partial charge in [-0.15, -0.1) is 0 Å². The fourth-order valence-corrected chi connectivity index (χ4v) is 3.42. The number of pyridine rings is 1. The average molecular weight is 429 g/mol. The second-order valence-electron chi connectivity index (χ2n) is 6.53. The van der Waals surface area contributed by atoms with Gasteiger partial charge in [0.15, 0.2) is 0 Å². The van der Waals surface area contributed by atoms with E-state index in [0.717, 1.165) is 53.2 Å². The number of aromatic nitrogens is 2. The number of hydrogen-bond donors (Lipinski definition) is 1. The average Bonchev–Trinajstić information content (AvgIpc) is 3.10. The number of carbonyl (C=O) groups excluding carboxylic acids is 1. The van der Waals surface area contributed by atoms with Gasteiger partial charge in [-0.25, -0.2) is 4.98 Å².